The van der Waals surface area contributed by atoms with E-state index in [2.05, 4.69) is 4.98 Å². The van der Waals surface area contributed by atoms with Crippen LogP contribution in [-0.2, 0) is 6.61 Å². The second-order valence-corrected chi connectivity index (χ2v) is 5.72. The second-order valence-electron chi connectivity index (χ2n) is 4.65. The van der Waals surface area contributed by atoms with Gasteiger partial charge in [-0.05, 0) is 12.3 Å². The Balaban J connectivity index is 3.02. The largest absolute Gasteiger partial charge is 0.406 e. The number of aromatic nitrogens is 1. The maximum atomic E-state index is 12.5. The fourth-order valence-electron chi connectivity index (χ4n) is 1.78. The molecule has 3 nitrogen and oxygen atoms in total. The van der Waals surface area contributed by atoms with Gasteiger partial charge in [0.05, 0.1) is 17.2 Å². The maximum Gasteiger partial charge on any atom is 0.406 e. The number of hydrogen-bond acceptors (Lipinski definition) is 4. The van der Waals surface area contributed by atoms with E-state index in [1.54, 1.807) is 0 Å². The molecule has 0 amide bonds. The molecule has 0 spiro atoms. The summed E-state index contributed by atoms with van der Waals surface area (Å²) in [6.45, 7) is 4.76. The molecule has 1 N–H and O–H groups in total. The number of rotatable bonds is 6. The summed E-state index contributed by atoms with van der Waals surface area (Å²) in [5, 5.41) is 9.59. The van der Waals surface area contributed by atoms with Crippen molar-refractivity contribution in [2.45, 2.75) is 45.9 Å². The molecule has 0 bridgehead atoms. The minimum atomic E-state index is -4.25. The zero-order chi connectivity index (χ0) is 14.6. The van der Waals surface area contributed by atoms with Crippen molar-refractivity contribution < 1.29 is 18.3 Å². The van der Waals surface area contributed by atoms with Gasteiger partial charge in [-0.1, -0.05) is 32.1 Å². The van der Waals surface area contributed by atoms with Crippen molar-refractivity contribution in [3.05, 3.63) is 10.6 Å². The first-order valence-electron chi connectivity index (χ1n) is 6.20. The lowest BCUT2D eigenvalue weighted by atomic mass is 10.1. The van der Waals surface area contributed by atoms with Gasteiger partial charge in [0.15, 0.2) is 5.13 Å². The summed E-state index contributed by atoms with van der Waals surface area (Å²) in [5.74, 6) is 0.0847. The molecular weight excluding hydrogens is 277 g/mol. The number of anilines is 1. The molecule has 0 saturated heterocycles. The SMILES string of the molecule is CCCN(CC(F)(F)F)c1nc(C(C)C)c(CO)s1. The summed E-state index contributed by atoms with van der Waals surface area (Å²) in [6.07, 6.45) is -3.64. The first-order chi connectivity index (χ1) is 8.78. The Bertz CT molecular complexity index is 404. The van der Waals surface area contributed by atoms with Crippen LogP contribution in [0.25, 0.3) is 0 Å². The zero-order valence-corrected chi connectivity index (χ0v) is 12.1. The number of aliphatic hydroxyl groups excluding tert-OH is 1. The molecule has 1 aromatic heterocycles. The summed E-state index contributed by atoms with van der Waals surface area (Å²) in [5.41, 5.74) is 0.686. The number of halogens is 3. The summed E-state index contributed by atoms with van der Waals surface area (Å²) < 4.78 is 37.6. The van der Waals surface area contributed by atoms with E-state index < -0.39 is 12.7 Å². The van der Waals surface area contributed by atoms with Crippen molar-refractivity contribution in [2.75, 3.05) is 18.0 Å². The lowest BCUT2D eigenvalue weighted by Crippen LogP contribution is -2.34. The summed E-state index contributed by atoms with van der Waals surface area (Å²) in [7, 11) is 0. The van der Waals surface area contributed by atoms with Crippen LogP contribution >= 0.6 is 11.3 Å². The molecule has 0 unspecified atom stereocenters. The predicted octanol–water partition coefficient (Wildman–Crippen LogP) is 3.54. The van der Waals surface area contributed by atoms with Gasteiger partial charge in [0.25, 0.3) is 0 Å². The monoisotopic (exact) mass is 296 g/mol. The lowest BCUT2D eigenvalue weighted by Gasteiger charge is -2.22. The molecule has 0 aliphatic carbocycles. The smallest absolute Gasteiger partial charge is 0.391 e. The predicted molar refractivity (Wildman–Crippen MR) is 70.7 cm³/mol. The third-order valence-electron chi connectivity index (χ3n) is 2.54. The van der Waals surface area contributed by atoms with Crippen LogP contribution < -0.4 is 4.90 Å². The molecule has 0 radical (unpaired) electrons. The fourth-order valence-corrected chi connectivity index (χ4v) is 2.88. The number of alkyl halides is 3. The standard InChI is InChI=1S/C12H19F3N2OS/c1-4-5-17(7-12(13,14)15)11-16-10(8(2)3)9(6-18)19-11/h8,18H,4-7H2,1-3H3. The average molecular weight is 296 g/mol. The van der Waals surface area contributed by atoms with E-state index in [0.29, 0.717) is 28.7 Å². The highest BCUT2D eigenvalue weighted by atomic mass is 32.1. The Morgan fingerprint density at radius 1 is 1.37 bits per heavy atom. The Morgan fingerprint density at radius 2 is 2.00 bits per heavy atom. The molecule has 7 heteroatoms. The van der Waals surface area contributed by atoms with Gasteiger partial charge in [-0.15, -0.1) is 0 Å². The number of aliphatic hydroxyl groups is 1. The quantitative estimate of drug-likeness (QED) is 0.872. The van der Waals surface area contributed by atoms with Gasteiger partial charge in [0.2, 0.25) is 0 Å². The van der Waals surface area contributed by atoms with E-state index in [1.165, 1.54) is 4.90 Å². The summed E-state index contributed by atoms with van der Waals surface area (Å²) in [4.78, 5) is 6.15. The number of nitrogens with zero attached hydrogens (tertiary/aromatic N) is 2. The van der Waals surface area contributed by atoms with Crippen molar-refractivity contribution in [1.29, 1.82) is 0 Å². The van der Waals surface area contributed by atoms with Gasteiger partial charge in [0, 0.05) is 6.54 Å². The molecule has 0 saturated carbocycles. The van der Waals surface area contributed by atoms with E-state index in [1.807, 2.05) is 20.8 Å². The van der Waals surface area contributed by atoms with Gasteiger partial charge in [-0.25, -0.2) is 4.98 Å². The third kappa shape index (κ3) is 4.65. The van der Waals surface area contributed by atoms with Crippen LogP contribution in [0.3, 0.4) is 0 Å². The van der Waals surface area contributed by atoms with E-state index in [4.69, 9.17) is 0 Å². The molecule has 19 heavy (non-hydrogen) atoms. The lowest BCUT2D eigenvalue weighted by molar-refractivity contribution is -0.119. The molecule has 110 valence electrons. The fraction of sp³-hybridized carbons (Fsp3) is 0.750. The van der Waals surface area contributed by atoms with E-state index >= 15 is 0 Å². The topological polar surface area (TPSA) is 36.4 Å². The Morgan fingerprint density at radius 3 is 2.37 bits per heavy atom. The Kier molecular flexibility index (Phi) is 5.61. The third-order valence-corrected chi connectivity index (χ3v) is 3.66. The highest BCUT2D eigenvalue weighted by Crippen LogP contribution is 2.32. The van der Waals surface area contributed by atoms with Crippen LogP contribution in [0.5, 0.6) is 0 Å². The van der Waals surface area contributed by atoms with Crippen molar-refractivity contribution in [2.24, 2.45) is 0 Å². The first kappa shape index (κ1) is 16.2. The molecule has 0 aliphatic heterocycles. The molecule has 1 rings (SSSR count). The average Bonchev–Trinajstić information content (AvgIpc) is 2.70. The summed E-state index contributed by atoms with van der Waals surface area (Å²) in [6, 6.07) is 0. The van der Waals surface area contributed by atoms with Crippen molar-refractivity contribution in [3.8, 4) is 0 Å². The zero-order valence-electron chi connectivity index (χ0n) is 11.3. The molecule has 1 heterocycles. The molecule has 0 aromatic carbocycles. The van der Waals surface area contributed by atoms with E-state index in [9.17, 15) is 18.3 Å². The van der Waals surface area contributed by atoms with Crippen molar-refractivity contribution in [3.63, 3.8) is 0 Å². The Labute approximate surface area is 115 Å². The maximum absolute atomic E-state index is 12.5. The highest BCUT2D eigenvalue weighted by Gasteiger charge is 2.32. The minimum absolute atomic E-state index is 0.0847. The number of hydrogen-bond donors (Lipinski definition) is 1. The normalized spacial score (nSPS) is 12.2. The van der Waals surface area contributed by atoms with Crippen LogP contribution in [0.1, 0.15) is 43.7 Å². The molecule has 0 atom stereocenters. The molecule has 1 aromatic rings. The van der Waals surface area contributed by atoms with Crippen molar-refractivity contribution in [1.82, 2.24) is 4.98 Å². The van der Waals surface area contributed by atoms with Crippen LogP contribution in [0.15, 0.2) is 0 Å². The van der Waals surface area contributed by atoms with Crippen LogP contribution in [0.2, 0.25) is 0 Å². The van der Waals surface area contributed by atoms with Gasteiger partial charge in [-0.3, -0.25) is 0 Å². The minimum Gasteiger partial charge on any atom is -0.391 e. The van der Waals surface area contributed by atoms with Crippen LogP contribution in [0, 0.1) is 0 Å². The van der Waals surface area contributed by atoms with E-state index in [0.717, 1.165) is 11.3 Å². The number of thiazole rings is 1. The summed E-state index contributed by atoms with van der Waals surface area (Å²) >= 11 is 1.14. The van der Waals surface area contributed by atoms with Crippen LogP contribution in [-0.4, -0.2) is 29.4 Å². The highest BCUT2D eigenvalue weighted by molar-refractivity contribution is 7.15. The second kappa shape index (κ2) is 6.56. The van der Waals surface area contributed by atoms with Gasteiger partial charge < -0.3 is 10.0 Å². The molecule has 0 fully saturated rings. The van der Waals surface area contributed by atoms with Crippen molar-refractivity contribution >= 4 is 16.5 Å². The van der Waals surface area contributed by atoms with Gasteiger partial charge in [0.1, 0.15) is 6.54 Å². The Hall–Kier alpha value is -0.820. The first-order valence-corrected chi connectivity index (χ1v) is 7.02. The van der Waals surface area contributed by atoms with Gasteiger partial charge >= 0.3 is 6.18 Å². The van der Waals surface area contributed by atoms with Crippen LogP contribution in [0.4, 0.5) is 18.3 Å². The van der Waals surface area contributed by atoms with Gasteiger partial charge in [-0.2, -0.15) is 13.2 Å². The van der Waals surface area contributed by atoms with E-state index in [-0.39, 0.29) is 12.5 Å². The molecular formula is C12H19F3N2OS. The molecule has 0 aliphatic rings.